The van der Waals surface area contributed by atoms with Crippen LogP contribution in [0.5, 0.6) is 11.5 Å². The van der Waals surface area contributed by atoms with Gasteiger partial charge in [0, 0.05) is 34.4 Å². The Labute approximate surface area is 417 Å². The molecule has 0 fully saturated rings. The maximum Gasteiger partial charge on any atom is 0.305 e. The van der Waals surface area contributed by atoms with Gasteiger partial charge in [0.15, 0.2) is 0 Å². The van der Waals surface area contributed by atoms with E-state index in [1.165, 1.54) is 180 Å². The third kappa shape index (κ3) is 29.0. The van der Waals surface area contributed by atoms with Gasteiger partial charge in [0.05, 0.1) is 26.4 Å². The highest BCUT2D eigenvalue weighted by Gasteiger charge is 2.16. The van der Waals surface area contributed by atoms with Gasteiger partial charge in [-0.2, -0.15) is 0 Å². The molecule has 0 aromatic heterocycles. The van der Waals surface area contributed by atoms with E-state index in [1.54, 1.807) is 0 Å². The number of hydrogen-bond donors (Lipinski definition) is 0. The Bertz CT molecular complexity index is 1470. The number of unbranched alkanes of at least 4 members (excludes halogenated alkanes) is 34. The quantitative estimate of drug-likeness (QED) is 0.0319. The van der Waals surface area contributed by atoms with Gasteiger partial charge < -0.3 is 18.9 Å². The molecule has 386 valence electrons. The first kappa shape index (κ1) is 59.0. The fraction of sp³-hybridized carbons (Fsp3) is 0.742. The SMILES string of the molecule is CCCCOC(=O)CCCCCCCCCCCCCCCCCCCOc1c2ccccc2c(OCCCCCCCCCCCCCCCCCCCC(=O)OCCCC)c2ccccc12. The first-order valence-corrected chi connectivity index (χ1v) is 29.2. The first-order valence-electron chi connectivity index (χ1n) is 29.2. The fourth-order valence-corrected chi connectivity index (χ4v) is 9.56. The van der Waals surface area contributed by atoms with E-state index in [-0.39, 0.29) is 11.9 Å². The van der Waals surface area contributed by atoms with E-state index in [2.05, 4.69) is 62.4 Å². The monoisotopic (exact) mass is 943 g/mol. The number of esters is 2. The largest absolute Gasteiger partial charge is 0.492 e. The summed E-state index contributed by atoms with van der Waals surface area (Å²) in [6, 6.07) is 17.3. The van der Waals surface area contributed by atoms with Crippen molar-refractivity contribution < 1.29 is 28.5 Å². The summed E-state index contributed by atoms with van der Waals surface area (Å²) in [5.41, 5.74) is 0. The Morgan fingerprint density at radius 1 is 0.294 bits per heavy atom. The van der Waals surface area contributed by atoms with Gasteiger partial charge in [0.25, 0.3) is 0 Å². The number of ether oxygens (including phenoxy) is 4. The lowest BCUT2D eigenvalue weighted by Gasteiger charge is -2.18. The molecule has 6 heteroatoms. The van der Waals surface area contributed by atoms with Crippen molar-refractivity contribution in [3.8, 4) is 11.5 Å². The van der Waals surface area contributed by atoms with Crippen LogP contribution in [0.3, 0.4) is 0 Å². The highest BCUT2D eigenvalue weighted by molar-refractivity contribution is 6.11. The van der Waals surface area contributed by atoms with Crippen LogP contribution in [0.1, 0.15) is 271 Å². The molecule has 0 aliphatic rings. The van der Waals surface area contributed by atoms with E-state index in [4.69, 9.17) is 18.9 Å². The lowest BCUT2D eigenvalue weighted by atomic mass is 10.0. The molecule has 0 amide bonds. The van der Waals surface area contributed by atoms with Crippen molar-refractivity contribution >= 4 is 33.5 Å². The van der Waals surface area contributed by atoms with Crippen LogP contribution in [-0.2, 0) is 19.1 Å². The topological polar surface area (TPSA) is 71.1 Å². The lowest BCUT2D eigenvalue weighted by Crippen LogP contribution is -2.05. The molecule has 0 saturated heterocycles. The Kier molecular flexibility index (Phi) is 37.0. The second-order valence-electron chi connectivity index (χ2n) is 20.1. The Morgan fingerprint density at radius 3 is 0.750 bits per heavy atom. The van der Waals surface area contributed by atoms with E-state index in [9.17, 15) is 9.59 Å². The maximum absolute atomic E-state index is 11.7. The van der Waals surface area contributed by atoms with Crippen LogP contribution in [0, 0.1) is 0 Å². The zero-order valence-electron chi connectivity index (χ0n) is 44.2. The van der Waals surface area contributed by atoms with E-state index < -0.39 is 0 Å². The molecule has 0 radical (unpaired) electrons. The van der Waals surface area contributed by atoms with Gasteiger partial charge in [-0.3, -0.25) is 9.59 Å². The van der Waals surface area contributed by atoms with Gasteiger partial charge in [-0.05, 0) is 38.5 Å². The van der Waals surface area contributed by atoms with Crippen LogP contribution < -0.4 is 9.47 Å². The minimum Gasteiger partial charge on any atom is -0.492 e. The lowest BCUT2D eigenvalue weighted by molar-refractivity contribution is -0.144. The molecule has 0 bridgehead atoms. The van der Waals surface area contributed by atoms with Crippen molar-refractivity contribution in [2.75, 3.05) is 26.4 Å². The van der Waals surface area contributed by atoms with Crippen LogP contribution in [-0.4, -0.2) is 38.4 Å². The van der Waals surface area contributed by atoms with Gasteiger partial charge in [-0.15, -0.1) is 0 Å². The molecule has 0 heterocycles. The van der Waals surface area contributed by atoms with Crippen molar-refractivity contribution in [3.05, 3.63) is 48.5 Å². The fourth-order valence-electron chi connectivity index (χ4n) is 9.56. The first-order chi connectivity index (χ1) is 33.7. The van der Waals surface area contributed by atoms with Crippen LogP contribution in [0.2, 0.25) is 0 Å². The molecule has 0 aliphatic heterocycles. The summed E-state index contributed by atoms with van der Waals surface area (Å²) >= 11 is 0. The van der Waals surface area contributed by atoms with Crippen molar-refractivity contribution in [1.82, 2.24) is 0 Å². The Morgan fingerprint density at radius 2 is 0.515 bits per heavy atom. The number of rotatable bonds is 48. The van der Waals surface area contributed by atoms with E-state index in [0.717, 1.165) is 110 Å². The standard InChI is InChI=1S/C62H102O6/c1-3-5-51-65-59(63)49-37-33-29-25-21-17-13-9-7-11-15-19-23-27-31-35-43-53-67-61-55-45-39-41-47-57(55)62(58-48-42-40-46-56(58)61)68-54-44-36-32-28-24-20-16-12-8-10-14-18-22-26-30-34-38-50-60(64)66-52-6-4-2/h39-42,45-48H,3-38,43-44,49-54H2,1-2H3. The molecule has 0 N–H and O–H groups in total. The number of hydrogen-bond acceptors (Lipinski definition) is 6. The van der Waals surface area contributed by atoms with Crippen LogP contribution >= 0.6 is 0 Å². The third-order valence-electron chi connectivity index (χ3n) is 13.9. The molecule has 0 spiro atoms. The number of carbonyl (C=O) groups is 2. The highest BCUT2D eigenvalue weighted by atomic mass is 16.5. The van der Waals surface area contributed by atoms with Crippen molar-refractivity contribution in [2.24, 2.45) is 0 Å². The van der Waals surface area contributed by atoms with Crippen LogP contribution in [0.15, 0.2) is 48.5 Å². The van der Waals surface area contributed by atoms with E-state index in [0.29, 0.717) is 26.1 Å². The molecular formula is C62H102O6. The van der Waals surface area contributed by atoms with Gasteiger partial charge >= 0.3 is 11.9 Å². The summed E-state index contributed by atoms with van der Waals surface area (Å²) in [6.07, 6.45) is 49.4. The molecule has 0 saturated carbocycles. The maximum atomic E-state index is 11.7. The summed E-state index contributed by atoms with van der Waals surface area (Å²) in [5, 5.41) is 4.64. The average molecular weight is 943 g/mol. The van der Waals surface area contributed by atoms with Gasteiger partial charge in [0.1, 0.15) is 11.5 Å². The smallest absolute Gasteiger partial charge is 0.305 e. The van der Waals surface area contributed by atoms with Gasteiger partial charge in [0.2, 0.25) is 0 Å². The summed E-state index contributed by atoms with van der Waals surface area (Å²) in [7, 11) is 0. The van der Waals surface area contributed by atoms with Crippen molar-refractivity contribution in [1.29, 1.82) is 0 Å². The van der Waals surface area contributed by atoms with Crippen molar-refractivity contribution in [2.45, 2.75) is 271 Å². The molecule has 0 aliphatic carbocycles. The predicted molar refractivity (Wildman–Crippen MR) is 290 cm³/mol. The number of fused-ring (bicyclic) bond motifs is 2. The molecule has 0 atom stereocenters. The summed E-state index contributed by atoms with van der Waals surface area (Å²) < 4.78 is 23.7. The summed E-state index contributed by atoms with van der Waals surface area (Å²) in [5.74, 6) is 2.00. The predicted octanol–water partition coefficient (Wildman–Crippen LogP) is 19.5. The average Bonchev–Trinajstić information content (AvgIpc) is 3.35. The normalized spacial score (nSPS) is 11.4. The van der Waals surface area contributed by atoms with Crippen LogP contribution in [0.25, 0.3) is 21.5 Å². The molecular weight excluding hydrogens is 841 g/mol. The molecule has 0 unspecified atom stereocenters. The summed E-state index contributed by atoms with van der Waals surface area (Å²) in [4.78, 5) is 23.4. The minimum absolute atomic E-state index is 0.0110. The second kappa shape index (κ2) is 42.6. The minimum atomic E-state index is -0.0110. The Balaban J connectivity index is 1.14. The van der Waals surface area contributed by atoms with E-state index >= 15 is 0 Å². The Hall–Kier alpha value is -3.28. The molecule has 3 aromatic rings. The molecule has 3 rings (SSSR count). The number of carbonyl (C=O) groups excluding carboxylic acids is 2. The summed E-state index contributed by atoms with van der Waals surface area (Å²) in [6.45, 7) is 6.93. The van der Waals surface area contributed by atoms with Gasteiger partial charge in [-0.25, -0.2) is 0 Å². The molecule has 68 heavy (non-hydrogen) atoms. The molecule has 6 nitrogen and oxygen atoms in total. The zero-order chi connectivity index (χ0) is 48.2. The van der Waals surface area contributed by atoms with Crippen LogP contribution in [0.4, 0.5) is 0 Å². The van der Waals surface area contributed by atoms with Gasteiger partial charge in [-0.1, -0.05) is 268 Å². The number of benzene rings is 3. The zero-order valence-corrected chi connectivity index (χ0v) is 44.2. The highest BCUT2D eigenvalue weighted by Crippen LogP contribution is 2.43. The third-order valence-corrected chi connectivity index (χ3v) is 13.9. The molecule has 3 aromatic carbocycles. The van der Waals surface area contributed by atoms with Crippen molar-refractivity contribution in [3.63, 3.8) is 0 Å². The van der Waals surface area contributed by atoms with E-state index in [1.807, 2.05) is 0 Å². The second-order valence-corrected chi connectivity index (χ2v) is 20.1.